The van der Waals surface area contributed by atoms with E-state index in [2.05, 4.69) is 16.7 Å². The summed E-state index contributed by atoms with van der Waals surface area (Å²) in [6.07, 6.45) is 13.0. The molecule has 2 atom stereocenters. The van der Waals surface area contributed by atoms with Gasteiger partial charge in [0.25, 0.3) is 0 Å². The molecule has 2 aliphatic rings. The third-order valence-electron chi connectivity index (χ3n) is 5.40. The topological polar surface area (TPSA) is 68.2 Å². The summed E-state index contributed by atoms with van der Waals surface area (Å²) in [5.74, 6) is -0.419. The number of hydrogen-bond donors (Lipinski definition) is 2. The van der Waals surface area contributed by atoms with E-state index in [0.717, 1.165) is 55.6 Å². The van der Waals surface area contributed by atoms with E-state index in [-0.39, 0.29) is 11.8 Å². The molecular weight excluding hydrogens is 288 g/mol. The number of carbonyl (C=O) groups is 1. The lowest BCUT2D eigenvalue weighted by molar-refractivity contribution is -0.120. The lowest BCUT2D eigenvalue weighted by Gasteiger charge is -2.21. The fourth-order valence-electron chi connectivity index (χ4n) is 4.25. The van der Waals surface area contributed by atoms with Crippen LogP contribution >= 0.6 is 0 Å². The second kappa shape index (κ2) is 6.81. The van der Waals surface area contributed by atoms with Crippen molar-refractivity contribution in [1.82, 2.24) is 4.57 Å². The minimum Gasteiger partial charge on any atom is -0.506 e. The van der Waals surface area contributed by atoms with Crippen molar-refractivity contribution in [2.45, 2.75) is 70.8 Å². The molecule has 0 aromatic carbocycles. The number of nitrogens with two attached hydrogens (primary N) is 1. The van der Waals surface area contributed by atoms with Gasteiger partial charge < -0.3 is 15.4 Å². The lowest BCUT2D eigenvalue weighted by Crippen LogP contribution is -2.27. The monoisotopic (exact) mass is 316 g/mol. The first-order valence-electron chi connectivity index (χ1n) is 9.00. The Morgan fingerprint density at radius 1 is 1.17 bits per heavy atom. The second-order valence-electron chi connectivity index (χ2n) is 7.03. The average molecular weight is 316 g/mol. The SMILES string of the molecule is CC1C=CCCCCCCc2c(c(O)c3n2CCC3)C1C(N)=O. The highest BCUT2D eigenvalue weighted by Gasteiger charge is 2.34. The van der Waals surface area contributed by atoms with Crippen LogP contribution in [0.5, 0.6) is 5.75 Å². The standard InChI is InChI=1S/C19H28N2O2/c1-13-9-6-4-2-3-5-7-10-14-17(16(13)19(20)23)18(22)15-11-8-12-21(14)15/h6,9,13,16,22H,2-5,7-8,10-12H2,1H3,(H2,20,23). The minimum absolute atomic E-state index is 0.0136. The van der Waals surface area contributed by atoms with Gasteiger partial charge in [0, 0.05) is 17.8 Å². The Bertz CT molecular complexity index is 615. The summed E-state index contributed by atoms with van der Waals surface area (Å²) in [7, 11) is 0. The number of primary amides is 1. The highest BCUT2D eigenvalue weighted by Crippen LogP contribution is 2.42. The number of aromatic nitrogens is 1. The molecule has 1 aromatic rings. The molecule has 1 aliphatic heterocycles. The number of hydrogen-bond acceptors (Lipinski definition) is 2. The number of amides is 1. The summed E-state index contributed by atoms with van der Waals surface area (Å²) >= 11 is 0. The first-order valence-corrected chi connectivity index (χ1v) is 9.00. The average Bonchev–Trinajstić information content (AvgIpc) is 3.06. The lowest BCUT2D eigenvalue weighted by atomic mass is 9.84. The predicted molar refractivity (Wildman–Crippen MR) is 91.4 cm³/mol. The van der Waals surface area contributed by atoms with Crippen LogP contribution < -0.4 is 5.73 Å². The van der Waals surface area contributed by atoms with Crippen LogP contribution in [-0.4, -0.2) is 15.6 Å². The fraction of sp³-hybridized carbons (Fsp3) is 0.632. The van der Waals surface area contributed by atoms with E-state index in [4.69, 9.17) is 5.73 Å². The number of aromatic hydroxyl groups is 1. The Balaban J connectivity index is 2.09. The molecule has 0 radical (unpaired) electrons. The zero-order valence-electron chi connectivity index (χ0n) is 14.1. The number of carbonyl (C=O) groups excluding carboxylic acids is 1. The summed E-state index contributed by atoms with van der Waals surface area (Å²) in [6.45, 7) is 2.98. The first kappa shape index (κ1) is 16.2. The zero-order chi connectivity index (χ0) is 16.4. The van der Waals surface area contributed by atoms with Crippen LogP contribution in [0.1, 0.15) is 68.3 Å². The van der Waals surface area contributed by atoms with Gasteiger partial charge in [0.05, 0.1) is 11.6 Å². The molecule has 3 rings (SSSR count). The molecule has 0 saturated carbocycles. The van der Waals surface area contributed by atoms with E-state index >= 15 is 0 Å². The Kier molecular flexibility index (Phi) is 4.79. The highest BCUT2D eigenvalue weighted by molar-refractivity contribution is 5.84. The zero-order valence-corrected chi connectivity index (χ0v) is 14.1. The summed E-state index contributed by atoms with van der Waals surface area (Å²) < 4.78 is 2.25. The van der Waals surface area contributed by atoms with E-state index in [1.54, 1.807) is 0 Å². The molecule has 4 heteroatoms. The van der Waals surface area contributed by atoms with Crippen LogP contribution in [0.15, 0.2) is 12.2 Å². The fourth-order valence-corrected chi connectivity index (χ4v) is 4.25. The molecule has 2 heterocycles. The summed E-state index contributed by atoms with van der Waals surface area (Å²) in [6, 6.07) is 0. The highest BCUT2D eigenvalue weighted by atomic mass is 16.3. The van der Waals surface area contributed by atoms with Crippen molar-refractivity contribution in [2.24, 2.45) is 11.7 Å². The molecule has 4 nitrogen and oxygen atoms in total. The summed E-state index contributed by atoms with van der Waals surface area (Å²) in [5, 5.41) is 10.8. The van der Waals surface area contributed by atoms with E-state index < -0.39 is 5.92 Å². The van der Waals surface area contributed by atoms with Gasteiger partial charge in [-0.3, -0.25) is 4.79 Å². The van der Waals surface area contributed by atoms with Crippen molar-refractivity contribution < 1.29 is 9.90 Å². The number of fused-ring (bicyclic) bond motifs is 3. The molecule has 0 saturated heterocycles. The molecule has 23 heavy (non-hydrogen) atoms. The van der Waals surface area contributed by atoms with E-state index in [9.17, 15) is 9.90 Å². The number of rotatable bonds is 1. The van der Waals surface area contributed by atoms with Crippen LogP contribution in [-0.2, 0) is 24.2 Å². The normalized spacial score (nSPS) is 25.3. The maximum atomic E-state index is 12.2. The predicted octanol–water partition coefficient (Wildman–Crippen LogP) is 3.41. The smallest absolute Gasteiger partial charge is 0.225 e. The van der Waals surface area contributed by atoms with Crippen LogP contribution in [0, 0.1) is 5.92 Å². The maximum Gasteiger partial charge on any atom is 0.225 e. The first-order chi connectivity index (χ1) is 11.1. The van der Waals surface area contributed by atoms with E-state index in [1.807, 2.05) is 6.92 Å². The molecule has 1 aromatic heterocycles. The molecular formula is C19H28N2O2. The minimum atomic E-state index is -0.432. The van der Waals surface area contributed by atoms with Gasteiger partial charge in [0.15, 0.2) is 0 Å². The number of allylic oxidation sites excluding steroid dienone is 2. The van der Waals surface area contributed by atoms with Crippen molar-refractivity contribution in [2.75, 3.05) is 0 Å². The third-order valence-corrected chi connectivity index (χ3v) is 5.40. The van der Waals surface area contributed by atoms with Crippen molar-refractivity contribution in [3.8, 4) is 5.75 Å². The Labute approximate surface area is 138 Å². The van der Waals surface area contributed by atoms with Crippen molar-refractivity contribution in [1.29, 1.82) is 0 Å². The van der Waals surface area contributed by atoms with Crippen molar-refractivity contribution in [3.63, 3.8) is 0 Å². The molecule has 2 unspecified atom stereocenters. The third kappa shape index (κ3) is 3.04. The second-order valence-corrected chi connectivity index (χ2v) is 7.03. The molecule has 0 bridgehead atoms. The molecule has 0 spiro atoms. The van der Waals surface area contributed by atoms with Crippen molar-refractivity contribution >= 4 is 5.91 Å². The van der Waals surface area contributed by atoms with Crippen LogP contribution in [0.25, 0.3) is 0 Å². The van der Waals surface area contributed by atoms with Crippen molar-refractivity contribution in [3.05, 3.63) is 29.1 Å². The van der Waals surface area contributed by atoms with E-state index in [1.165, 1.54) is 19.3 Å². The molecule has 126 valence electrons. The molecule has 1 amide bonds. The molecule has 3 N–H and O–H groups in total. The molecule has 1 aliphatic carbocycles. The van der Waals surface area contributed by atoms with Gasteiger partial charge in [0.1, 0.15) is 5.75 Å². The summed E-state index contributed by atoms with van der Waals surface area (Å²) in [5.41, 5.74) is 8.72. The molecule has 0 fully saturated rings. The Morgan fingerprint density at radius 2 is 1.91 bits per heavy atom. The van der Waals surface area contributed by atoms with Gasteiger partial charge in [-0.1, -0.05) is 31.9 Å². The summed E-state index contributed by atoms with van der Waals surface area (Å²) in [4.78, 5) is 12.2. The van der Waals surface area contributed by atoms with Gasteiger partial charge in [-0.25, -0.2) is 0 Å². The Hall–Kier alpha value is -1.71. The van der Waals surface area contributed by atoms with Crippen LogP contribution in [0.3, 0.4) is 0 Å². The maximum absolute atomic E-state index is 12.2. The van der Waals surface area contributed by atoms with Gasteiger partial charge in [-0.2, -0.15) is 0 Å². The van der Waals surface area contributed by atoms with Gasteiger partial charge in [-0.05, 0) is 44.4 Å². The van der Waals surface area contributed by atoms with Crippen LogP contribution in [0.4, 0.5) is 0 Å². The largest absolute Gasteiger partial charge is 0.506 e. The Morgan fingerprint density at radius 3 is 2.70 bits per heavy atom. The van der Waals surface area contributed by atoms with Gasteiger partial charge in [0.2, 0.25) is 5.91 Å². The van der Waals surface area contributed by atoms with Gasteiger partial charge in [-0.15, -0.1) is 0 Å². The number of nitrogens with zero attached hydrogens (tertiary/aromatic N) is 1. The van der Waals surface area contributed by atoms with Crippen LogP contribution in [0.2, 0.25) is 0 Å². The van der Waals surface area contributed by atoms with Gasteiger partial charge >= 0.3 is 0 Å². The quantitative estimate of drug-likeness (QED) is 0.780. The van der Waals surface area contributed by atoms with E-state index in [0.29, 0.717) is 5.75 Å².